The third kappa shape index (κ3) is 4.96. The van der Waals surface area contributed by atoms with Crippen molar-refractivity contribution in [3.8, 4) is 5.69 Å². The molecule has 0 bridgehead atoms. The van der Waals surface area contributed by atoms with Crippen molar-refractivity contribution in [2.75, 3.05) is 18.4 Å². The van der Waals surface area contributed by atoms with Gasteiger partial charge in [0, 0.05) is 18.8 Å². The first-order valence-corrected chi connectivity index (χ1v) is 9.16. The summed E-state index contributed by atoms with van der Waals surface area (Å²) in [7, 11) is 0. The van der Waals surface area contributed by atoms with Crippen molar-refractivity contribution in [3.05, 3.63) is 77.6 Å². The lowest BCUT2D eigenvalue weighted by molar-refractivity contribution is -0.143. The maximum atomic E-state index is 13.7. The molecule has 152 valence electrons. The van der Waals surface area contributed by atoms with Gasteiger partial charge >= 0.3 is 6.18 Å². The number of aryl methyl sites for hydroxylation is 1. The van der Waals surface area contributed by atoms with Crippen LogP contribution in [-0.2, 0) is 6.18 Å². The van der Waals surface area contributed by atoms with E-state index in [0.29, 0.717) is 18.5 Å². The molecular weight excluding hydrogens is 381 g/mol. The summed E-state index contributed by atoms with van der Waals surface area (Å²) >= 11 is 0. The van der Waals surface area contributed by atoms with Gasteiger partial charge in [0.05, 0.1) is 17.4 Å². The van der Waals surface area contributed by atoms with E-state index in [1.54, 1.807) is 25.1 Å². The Bertz CT molecular complexity index is 968. The lowest BCUT2D eigenvalue weighted by Crippen LogP contribution is -2.28. The van der Waals surface area contributed by atoms with Crippen molar-refractivity contribution in [2.45, 2.75) is 19.5 Å². The van der Waals surface area contributed by atoms with Gasteiger partial charge in [0.2, 0.25) is 0 Å². The minimum Gasteiger partial charge on any atom is -0.385 e. The Hall–Kier alpha value is -3.29. The molecule has 1 amide bonds. The molecule has 2 aromatic carbocycles. The Morgan fingerprint density at radius 1 is 1.03 bits per heavy atom. The van der Waals surface area contributed by atoms with Gasteiger partial charge in [-0.05, 0) is 37.1 Å². The lowest BCUT2D eigenvalue weighted by atomic mass is 10.1. The molecule has 0 aliphatic heterocycles. The molecule has 2 N–H and O–H groups in total. The van der Waals surface area contributed by atoms with E-state index >= 15 is 0 Å². The van der Waals surface area contributed by atoms with Crippen LogP contribution in [0.25, 0.3) is 5.69 Å². The zero-order valence-corrected chi connectivity index (χ0v) is 15.8. The number of halogens is 3. The Morgan fingerprint density at radius 3 is 2.41 bits per heavy atom. The second-order valence-corrected chi connectivity index (χ2v) is 6.51. The van der Waals surface area contributed by atoms with Crippen molar-refractivity contribution in [2.24, 2.45) is 0 Å². The van der Waals surface area contributed by atoms with E-state index in [1.807, 2.05) is 30.3 Å². The van der Waals surface area contributed by atoms with E-state index in [0.717, 1.165) is 16.6 Å². The van der Waals surface area contributed by atoms with Crippen LogP contribution >= 0.6 is 0 Å². The number of para-hydroxylation sites is 2. The fourth-order valence-electron chi connectivity index (χ4n) is 2.95. The van der Waals surface area contributed by atoms with E-state index < -0.39 is 23.3 Å². The average molecular weight is 402 g/mol. The van der Waals surface area contributed by atoms with Crippen molar-refractivity contribution in [1.29, 1.82) is 0 Å². The molecule has 29 heavy (non-hydrogen) atoms. The summed E-state index contributed by atoms with van der Waals surface area (Å²) in [6.07, 6.45) is -3.19. The molecule has 0 saturated carbocycles. The molecule has 3 aromatic rings. The molecule has 0 radical (unpaired) electrons. The van der Waals surface area contributed by atoms with Gasteiger partial charge in [0.1, 0.15) is 0 Å². The van der Waals surface area contributed by atoms with E-state index in [4.69, 9.17) is 0 Å². The van der Waals surface area contributed by atoms with Crippen LogP contribution in [-0.4, -0.2) is 28.8 Å². The van der Waals surface area contributed by atoms with E-state index in [-0.39, 0.29) is 12.2 Å². The van der Waals surface area contributed by atoms with Gasteiger partial charge in [-0.2, -0.15) is 18.3 Å². The Morgan fingerprint density at radius 2 is 1.72 bits per heavy atom. The first kappa shape index (κ1) is 20.4. The average Bonchev–Trinajstić information content (AvgIpc) is 3.14. The van der Waals surface area contributed by atoms with Gasteiger partial charge in [-0.3, -0.25) is 4.79 Å². The molecule has 0 saturated heterocycles. The van der Waals surface area contributed by atoms with E-state index in [9.17, 15) is 18.0 Å². The second kappa shape index (κ2) is 8.81. The van der Waals surface area contributed by atoms with Crippen molar-refractivity contribution < 1.29 is 18.0 Å². The Balaban J connectivity index is 1.68. The summed E-state index contributed by atoms with van der Waals surface area (Å²) in [5.41, 5.74) is 0.284. The normalized spacial score (nSPS) is 11.3. The number of nitrogens with zero attached hydrogens (tertiary/aromatic N) is 2. The minimum atomic E-state index is -4.72. The summed E-state index contributed by atoms with van der Waals surface area (Å²) < 4.78 is 41.9. The number of rotatable bonds is 7. The number of anilines is 1. The number of benzene rings is 2. The standard InChI is InChI=1S/C21H21F3N4O/c1-15-8-5-6-11-18(15)28-19(21(22,23)24)17(14-27-28)20(29)26-13-7-12-25-16-9-3-2-4-10-16/h2-6,8-11,14,25H,7,12-13H2,1H3,(H,26,29). The number of hydrogen-bond acceptors (Lipinski definition) is 3. The number of hydrogen-bond donors (Lipinski definition) is 2. The van der Waals surface area contributed by atoms with Gasteiger partial charge in [0.25, 0.3) is 5.91 Å². The monoisotopic (exact) mass is 402 g/mol. The van der Waals surface area contributed by atoms with Crippen LogP contribution < -0.4 is 10.6 Å². The largest absolute Gasteiger partial charge is 0.434 e. The molecule has 1 aromatic heterocycles. The van der Waals surface area contributed by atoms with Gasteiger partial charge in [-0.15, -0.1) is 0 Å². The lowest BCUT2D eigenvalue weighted by Gasteiger charge is -2.14. The smallest absolute Gasteiger partial charge is 0.385 e. The molecule has 0 unspecified atom stereocenters. The third-order valence-electron chi connectivity index (χ3n) is 4.37. The highest BCUT2D eigenvalue weighted by molar-refractivity contribution is 5.95. The summed E-state index contributed by atoms with van der Waals surface area (Å²) in [4.78, 5) is 12.4. The highest BCUT2D eigenvalue weighted by atomic mass is 19.4. The molecule has 0 aliphatic rings. The maximum absolute atomic E-state index is 13.7. The van der Waals surface area contributed by atoms with Gasteiger partial charge in [-0.25, -0.2) is 4.68 Å². The Kier molecular flexibility index (Phi) is 6.21. The SMILES string of the molecule is Cc1ccccc1-n1ncc(C(=O)NCCCNc2ccccc2)c1C(F)(F)F. The fourth-order valence-corrected chi connectivity index (χ4v) is 2.95. The Labute approximate surface area is 166 Å². The highest BCUT2D eigenvalue weighted by Gasteiger charge is 2.40. The fraction of sp³-hybridized carbons (Fsp3) is 0.238. The summed E-state index contributed by atoms with van der Waals surface area (Å²) in [5.74, 6) is -0.795. The molecule has 5 nitrogen and oxygen atoms in total. The number of nitrogens with one attached hydrogen (secondary N) is 2. The van der Waals surface area contributed by atoms with Crippen LogP contribution in [0.5, 0.6) is 0 Å². The van der Waals surface area contributed by atoms with Gasteiger partial charge in [-0.1, -0.05) is 36.4 Å². The summed E-state index contributed by atoms with van der Waals surface area (Å²) in [6.45, 7) is 2.51. The van der Waals surface area contributed by atoms with Crippen molar-refractivity contribution in [3.63, 3.8) is 0 Å². The molecule has 0 spiro atoms. The number of carbonyl (C=O) groups is 1. The molecule has 8 heteroatoms. The third-order valence-corrected chi connectivity index (χ3v) is 4.37. The molecular formula is C21H21F3N4O. The second-order valence-electron chi connectivity index (χ2n) is 6.51. The number of amides is 1. The zero-order valence-electron chi connectivity index (χ0n) is 15.8. The van der Waals surface area contributed by atoms with Crippen LogP contribution in [0, 0.1) is 6.92 Å². The van der Waals surface area contributed by atoms with E-state index in [2.05, 4.69) is 15.7 Å². The van der Waals surface area contributed by atoms with Gasteiger partial charge in [0.15, 0.2) is 5.69 Å². The first-order chi connectivity index (χ1) is 13.9. The van der Waals surface area contributed by atoms with Crippen LogP contribution in [0.4, 0.5) is 18.9 Å². The van der Waals surface area contributed by atoms with E-state index in [1.165, 1.54) is 6.07 Å². The maximum Gasteiger partial charge on any atom is 0.434 e. The molecule has 0 atom stereocenters. The summed E-state index contributed by atoms with van der Waals surface area (Å²) in [5, 5.41) is 9.57. The predicted molar refractivity (Wildman–Crippen MR) is 105 cm³/mol. The van der Waals surface area contributed by atoms with Crippen molar-refractivity contribution in [1.82, 2.24) is 15.1 Å². The number of carbonyl (C=O) groups excluding carboxylic acids is 1. The minimum absolute atomic E-state index is 0.242. The molecule has 0 fully saturated rings. The van der Waals surface area contributed by atoms with Crippen LogP contribution in [0.2, 0.25) is 0 Å². The predicted octanol–water partition coefficient (Wildman–Crippen LogP) is 4.43. The molecule has 1 heterocycles. The van der Waals surface area contributed by atoms with Crippen molar-refractivity contribution >= 4 is 11.6 Å². The highest BCUT2D eigenvalue weighted by Crippen LogP contribution is 2.34. The van der Waals surface area contributed by atoms with Crippen LogP contribution in [0.3, 0.4) is 0 Å². The van der Waals surface area contributed by atoms with Gasteiger partial charge < -0.3 is 10.6 Å². The first-order valence-electron chi connectivity index (χ1n) is 9.16. The van der Waals surface area contributed by atoms with Crippen LogP contribution in [0.15, 0.2) is 60.8 Å². The topological polar surface area (TPSA) is 59.0 Å². The quantitative estimate of drug-likeness (QED) is 0.575. The molecule has 3 rings (SSSR count). The molecule has 0 aliphatic carbocycles. The zero-order chi connectivity index (χ0) is 20.9. The number of alkyl halides is 3. The number of aromatic nitrogens is 2. The summed E-state index contributed by atoms with van der Waals surface area (Å²) in [6, 6.07) is 16.1. The van der Waals surface area contributed by atoms with Crippen LogP contribution in [0.1, 0.15) is 28.0 Å².